The fraction of sp³-hybridized carbons (Fsp3) is 1.00. The van der Waals surface area contributed by atoms with Gasteiger partial charge in [0, 0.05) is 25.1 Å². The summed E-state index contributed by atoms with van der Waals surface area (Å²) < 4.78 is 5.78. The van der Waals surface area contributed by atoms with Gasteiger partial charge in [0.2, 0.25) is 0 Å². The fourth-order valence-electron chi connectivity index (χ4n) is 3.08. The van der Waals surface area contributed by atoms with E-state index >= 15 is 0 Å². The van der Waals surface area contributed by atoms with Gasteiger partial charge in [0.1, 0.15) is 0 Å². The molecule has 0 aromatic rings. The summed E-state index contributed by atoms with van der Waals surface area (Å²) in [5, 5.41) is 3.35. The minimum Gasteiger partial charge on any atom is -0.375 e. The molecule has 2 heterocycles. The molecular weight excluding hydrogens is 138 g/mol. The van der Waals surface area contributed by atoms with Crippen LogP contribution in [-0.2, 0) is 4.74 Å². The molecule has 1 saturated carbocycles. The van der Waals surface area contributed by atoms with Crippen LogP contribution in [0.1, 0.15) is 25.7 Å². The Hall–Kier alpha value is -0.0800. The number of hydrogen-bond acceptors (Lipinski definition) is 2. The first kappa shape index (κ1) is 6.44. The van der Waals surface area contributed by atoms with Crippen LogP contribution in [0.5, 0.6) is 0 Å². The normalized spacial score (nSPS) is 37.1. The molecule has 11 heavy (non-hydrogen) atoms. The second-order valence-electron chi connectivity index (χ2n) is 4.59. The van der Waals surface area contributed by atoms with E-state index in [1.807, 2.05) is 0 Å². The van der Waals surface area contributed by atoms with Crippen LogP contribution in [0.4, 0.5) is 0 Å². The van der Waals surface area contributed by atoms with Crippen LogP contribution in [0.25, 0.3) is 0 Å². The maximum Gasteiger partial charge on any atom is 0.0696 e. The third kappa shape index (κ3) is 0.744. The van der Waals surface area contributed by atoms with Crippen LogP contribution in [0, 0.1) is 5.41 Å². The van der Waals surface area contributed by atoms with Gasteiger partial charge in [-0.3, -0.25) is 0 Å². The lowest BCUT2D eigenvalue weighted by Gasteiger charge is -2.59. The van der Waals surface area contributed by atoms with Crippen molar-refractivity contribution in [2.24, 2.45) is 5.41 Å². The first-order chi connectivity index (χ1) is 5.33. The molecule has 2 heteroatoms. The van der Waals surface area contributed by atoms with E-state index < -0.39 is 0 Å². The van der Waals surface area contributed by atoms with Gasteiger partial charge in [0.25, 0.3) is 0 Å². The first-order valence-corrected chi connectivity index (χ1v) is 4.67. The number of hydrogen-bond donors (Lipinski definition) is 1. The summed E-state index contributed by atoms with van der Waals surface area (Å²) in [4.78, 5) is 0. The third-order valence-corrected chi connectivity index (χ3v) is 3.58. The van der Waals surface area contributed by atoms with Gasteiger partial charge >= 0.3 is 0 Å². The smallest absolute Gasteiger partial charge is 0.0696 e. The Morgan fingerprint density at radius 3 is 2.45 bits per heavy atom. The zero-order chi connectivity index (χ0) is 7.36. The molecule has 2 saturated heterocycles. The molecule has 2 spiro atoms. The number of nitrogens with one attached hydrogen (secondary N) is 1. The molecule has 0 atom stereocenters. The van der Waals surface area contributed by atoms with Gasteiger partial charge in [-0.15, -0.1) is 0 Å². The minimum absolute atomic E-state index is 0.363. The molecule has 2 aliphatic heterocycles. The van der Waals surface area contributed by atoms with Gasteiger partial charge in [-0.25, -0.2) is 0 Å². The van der Waals surface area contributed by atoms with Crippen LogP contribution < -0.4 is 5.32 Å². The Kier molecular flexibility index (Phi) is 1.06. The summed E-state index contributed by atoms with van der Waals surface area (Å²) in [7, 11) is 0. The molecule has 0 radical (unpaired) electrons. The molecule has 62 valence electrons. The molecule has 3 rings (SSSR count). The summed E-state index contributed by atoms with van der Waals surface area (Å²) in [6.07, 6.45) is 5.30. The molecular formula is C9H15NO. The van der Waals surface area contributed by atoms with Crippen LogP contribution >= 0.6 is 0 Å². The molecule has 0 aromatic heterocycles. The average molecular weight is 153 g/mol. The topological polar surface area (TPSA) is 21.3 Å². The number of rotatable bonds is 0. The highest BCUT2D eigenvalue weighted by molar-refractivity contribution is 5.12. The van der Waals surface area contributed by atoms with Crippen molar-refractivity contribution in [2.75, 3.05) is 19.7 Å². The fourth-order valence-corrected chi connectivity index (χ4v) is 3.08. The third-order valence-electron chi connectivity index (χ3n) is 3.58. The number of ether oxygens (including phenoxy) is 1. The van der Waals surface area contributed by atoms with Gasteiger partial charge < -0.3 is 10.1 Å². The maximum absolute atomic E-state index is 5.78. The Morgan fingerprint density at radius 2 is 2.00 bits per heavy atom. The Labute approximate surface area is 67.3 Å². The second kappa shape index (κ2) is 1.80. The second-order valence-corrected chi connectivity index (χ2v) is 4.59. The molecule has 1 N–H and O–H groups in total. The highest BCUT2D eigenvalue weighted by Gasteiger charge is 2.58. The van der Waals surface area contributed by atoms with Gasteiger partial charge in [0.15, 0.2) is 0 Å². The lowest BCUT2D eigenvalue weighted by atomic mass is 9.55. The van der Waals surface area contributed by atoms with Crippen molar-refractivity contribution in [3.63, 3.8) is 0 Å². The minimum atomic E-state index is 0.363. The maximum atomic E-state index is 5.78. The molecule has 2 nitrogen and oxygen atoms in total. The SMILES string of the molecule is C1COC2(C1)CC1(CNC1)C2. The van der Waals surface area contributed by atoms with Crippen LogP contribution in [-0.4, -0.2) is 25.3 Å². The summed E-state index contributed by atoms with van der Waals surface area (Å²) >= 11 is 0. The summed E-state index contributed by atoms with van der Waals surface area (Å²) in [5.41, 5.74) is 1.05. The van der Waals surface area contributed by atoms with E-state index in [2.05, 4.69) is 5.32 Å². The van der Waals surface area contributed by atoms with Crippen molar-refractivity contribution >= 4 is 0 Å². The van der Waals surface area contributed by atoms with Crippen molar-refractivity contribution in [1.29, 1.82) is 0 Å². The van der Waals surface area contributed by atoms with Crippen LogP contribution in [0.15, 0.2) is 0 Å². The molecule has 3 aliphatic rings. The monoisotopic (exact) mass is 153 g/mol. The quantitative estimate of drug-likeness (QED) is 0.558. The summed E-state index contributed by atoms with van der Waals surface area (Å²) in [5.74, 6) is 0. The van der Waals surface area contributed by atoms with E-state index in [9.17, 15) is 0 Å². The van der Waals surface area contributed by atoms with E-state index in [4.69, 9.17) is 4.74 Å². The van der Waals surface area contributed by atoms with Crippen LogP contribution in [0.2, 0.25) is 0 Å². The van der Waals surface area contributed by atoms with Gasteiger partial charge in [0.05, 0.1) is 5.60 Å². The van der Waals surface area contributed by atoms with E-state index in [0.717, 1.165) is 6.61 Å². The predicted molar refractivity (Wildman–Crippen MR) is 42.5 cm³/mol. The Bertz CT molecular complexity index is 170. The Morgan fingerprint density at radius 1 is 1.18 bits per heavy atom. The van der Waals surface area contributed by atoms with E-state index in [-0.39, 0.29) is 0 Å². The van der Waals surface area contributed by atoms with Crippen molar-refractivity contribution < 1.29 is 4.74 Å². The van der Waals surface area contributed by atoms with E-state index in [1.165, 1.54) is 38.8 Å². The van der Waals surface area contributed by atoms with Crippen molar-refractivity contribution in [3.05, 3.63) is 0 Å². The highest BCUT2D eigenvalue weighted by Crippen LogP contribution is 2.56. The summed E-state index contributed by atoms with van der Waals surface area (Å²) in [6, 6.07) is 0. The average Bonchev–Trinajstić information content (AvgIpc) is 2.25. The predicted octanol–water partition coefficient (Wildman–Crippen LogP) is 0.919. The van der Waals surface area contributed by atoms with E-state index in [1.54, 1.807) is 0 Å². The van der Waals surface area contributed by atoms with Gasteiger partial charge in [-0.1, -0.05) is 0 Å². The van der Waals surface area contributed by atoms with Gasteiger partial charge in [-0.2, -0.15) is 0 Å². The highest BCUT2D eigenvalue weighted by atomic mass is 16.5. The largest absolute Gasteiger partial charge is 0.375 e. The lowest BCUT2D eigenvalue weighted by Crippen LogP contribution is -2.66. The molecule has 0 bridgehead atoms. The van der Waals surface area contributed by atoms with E-state index in [0.29, 0.717) is 11.0 Å². The standard InChI is InChI=1S/C9H15NO/c1-2-9(11-3-1)4-8(5-9)6-10-7-8/h10H,1-7H2. The Balaban J connectivity index is 1.69. The molecule has 1 aliphatic carbocycles. The van der Waals surface area contributed by atoms with Crippen molar-refractivity contribution in [2.45, 2.75) is 31.3 Å². The van der Waals surface area contributed by atoms with Crippen molar-refractivity contribution in [3.8, 4) is 0 Å². The zero-order valence-corrected chi connectivity index (χ0v) is 6.86. The molecule has 0 amide bonds. The molecule has 0 aromatic carbocycles. The first-order valence-electron chi connectivity index (χ1n) is 4.67. The zero-order valence-electron chi connectivity index (χ0n) is 6.86. The summed E-state index contributed by atoms with van der Waals surface area (Å²) in [6.45, 7) is 3.51. The van der Waals surface area contributed by atoms with Crippen LogP contribution in [0.3, 0.4) is 0 Å². The van der Waals surface area contributed by atoms with Gasteiger partial charge in [-0.05, 0) is 25.7 Å². The lowest BCUT2D eigenvalue weighted by molar-refractivity contribution is -0.157. The molecule has 3 fully saturated rings. The van der Waals surface area contributed by atoms with Crippen molar-refractivity contribution in [1.82, 2.24) is 5.32 Å². The molecule has 0 unspecified atom stereocenters.